The van der Waals surface area contributed by atoms with Gasteiger partial charge in [0.2, 0.25) is 5.78 Å². The molecular weight excluding hydrogens is 360 g/mol. The molecule has 3 aromatic rings. The van der Waals surface area contributed by atoms with Crippen molar-refractivity contribution in [1.82, 2.24) is 4.83 Å². The summed E-state index contributed by atoms with van der Waals surface area (Å²) in [5.74, 6) is -0.367. The summed E-state index contributed by atoms with van der Waals surface area (Å²) < 4.78 is 25.0. The Morgan fingerprint density at radius 1 is 0.778 bits per heavy atom. The number of hydrazone groups is 1. The summed E-state index contributed by atoms with van der Waals surface area (Å²) in [5, 5.41) is 3.97. The molecule has 0 atom stereocenters. The van der Waals surface area contributed by atoms with Crippen LogP contribution in [0.1, 0.15) is 21.5 Å². The summed E-state index contributed by atoms with van der Waals surface area (Å²) >= 11 is 0. The highest BCUT2D eigenvalue weighted by Gasteiger charge is 2.19. The Kier molecular flexibility index (Phi) is 5.47. The molecule has 0 amide bonds. The maximum atomic E-state index is 12.9. The summed E-state index contributed by atoms with van der Waals surface area (Å²) in [4.78, 5) is 15.1. The molecule has 3 aromatic carbocycles. The minimum absolute atomic E-state index is 0.0255. The average Bonchev–Trinajstić information content (AvgIpc) is 2.70. The fourth-order valence-corrected chi connectivity index (χ4v) is 3.26. The third-order valence-electron chi connectivity index (χ3n) is 3.91. The standard InChI is InChI=1S/C21H18N2O3S/c1-16-12-14-19(15-13-16)27(25,26)23-22-20(17-8-4-2-5-9-17)21(24)18-10-6-3-7-11-18/h2-15,23H,1H3/b22-20+. The van der Waals surface area contributed by atoms with Gasteiger partial charge in [0.15, 0.2) is 0 Å². The third-order valence-corrected chi connectivity index (χ3v) is 5.13. The lowest BCUT2D eigenvalue weighted by molar-refractivity contribution is 0.106. The number of sulfonamides is 1. The number of ketones is 1. The second kappa shape index (κ2) is 7.97. The van der Waals surface area contributed by atoms with Crippen LogP contribution in [-0.2, 0) is 10.0 Å². The summed E-state index contributed by atoms with van der Waals surface area (Å²) in [6.07, 6.45) is 0. The van der Waals surface area contributed by atoms with Crippen molar-refractivity contribution in [3.8, 4) is 0 Å². The van der Waals surface area contributed by atoms with Crippen LogP contribution in [0, 0.1) is 6.92 Å². The first-order valence-corrected chi connectivity index (χ1v) is 9.77. The van der Waals surface area contributed by atoms with Gasteiger partial charge in [0.05, 0.1) is 4.90 Å². The van der Waals surface area contributed by atoms with Crippen molar-refractivity contribution in [3.05, 3.63) is 102 Å². The van der Waals surface area contributed by atoms with E-state index in [1.807, 2.05) is 13.0 Å². The summed E-state index contributed by atoms with van der Waals surface area (Å²) in [5.41, 5.74) is 1.92. The lowest BCUT2D eigenvalue weighted by Gasteiger charge is -2.08. The highest BCUT2D eigenvalue weighted by molar-refractivity contribution is 7.89. The molecule has 0 unspecified atom stereocenters. The number of rotatable bonds is 6. The first kappa shape index (κ1) is 18.5. The van der Waals surface area contributed by atoms with Crippen molar-refractivity contribution in [2.45, 2.75) is 11.8 Å². The molecule has 0 aromatic heterocycles. The normalized spacial score (nSPS) is 11.8. The fourth-order valence-electron chi connectivity index (χ4n) is 2.44. The number of hydrogen-bond acceptors (Lipinski definition) is 4. The van der Waals surface area contributed by atoms with Crippen molar-refractivity contribution in [1.29, 1.82) is 0 Å². The molecule has 5 nitrogen and oxygen atoms in total. The number of nitrogens with zero attached hydrogens (tertiary/aromatic N) is 1. The summed E-state index contributed by atoms with van der Waals surface area (Å²) in [7, 11) is -3.89. The lowest BCUT2D eigenvalue weighted by Crippen LogP contribution is -2.24. The topological polar surface area (TPSA) is 75.6 Å². The minimum Gasteiger partial charge on any atom is -0.287 e. The van der Waals surface area contributed by atoms with Gasteiger partial charge >= 0.3 is 0 Å². The molecule has 0 heterocycles. The van der Waals surface area contributed by atoms with Crippen molar-refractivity contribution >= 4 is 21.5 Å². The Labute approximate surface area is 158 Å². The third kappa shape index (κ3) is 4.48. The van der Waals surface area contributed by atoms with Crippen LogP contribution in [-0.4, -0.2) is 19.9 Å². The van der Waals surface area contributed by atoms with Gasteiger partial charge in [-0.25, -0.2) is 0 Å². The number of carbonyl (C=O) groups excluding carboxylic acids is 1. The van der Waals surface area contributed by atoms with E-state index in [1.54, 1.807) is 66.7 Å². The average molecular weight is 378 g/mol. The van der Waals surface area contributed by atoms with Crippen LogP contribution in [0.4, 0.5) is 0 Å². The van der Waals surface area contributed by atoms with Crippen LogP contribution in [0.15, 0.2) is 94.9 Å². The van der Waals surface area contributed by atoms with E-state index < -0.39 is 10.0 Å². The first-order valence-electron chi connectivity index (χ1n) is 8.29. The second-order valence-electron chi connectivity index (χ2n) is 5.93. The van der Waals surface area contributed by atoms with Crippen LogP contribution in [0.2, 0.25) is 0 Å². The van der Waals surface area contributed by atoms with E-state index in [2.05, 4.69) is 9.93 Å². The van der Waals surface area contributed by atoms with Gasteiger partial charge < -0.3 is 0 Å². The van der Waals surface area contributed by atoms with Crippen molar-refractivity contribution in [2.24, 2.45) is 5.10 Å². The number of hydrogen-bond donors (Lipinski definition) is 1. The lowest BCUT2D eigenvalue weighted by atomic mass is 10.0. The summed E-state index contributed by atoms with van der Waals surface area (Å²) in [6, 6.07) is 23.7. The van der Waals surface area contributed by atoms with E-state index in [1.165, 1.54) is 12.1 Å². The van der Waals surface area contributed by atoms with Gasteiger partial charge in [-0.15, -0.1) is 0 Å². The Balaban J connectivity index is 1.98. The number of Topliss-reactive ketones (excluding diaryl/α,β-unsaturated/α-hetero) is 1. The largest absolute Gasteiger partial charge is 0.287 e. The van der Waals surface area contributed by atoms with Crippen LogP contribution in [0.25, 0.3) is 0 Å². The van der Waals surface area contributed by atoms with E-state index >= 15 is 0 Å². The van der Waals surface area contributed by atoms with Crippen molar-refractivity contribution in [3.63, 3.8) is 0 Å². The number of carbonyl (C=O) groups is 1. The van der Waals surface area contributed by atoms with Gasteiger partial charge in [0, 0.05) is 11.1 Å². The minimum atomic E-state index is -3.89. The maximum absolute atomic E-state index is 12.9. The van der Waals surface area contributed by atoms with Gasteiger partial charge in [0.25, 0.3) is 10.0 Å². The smallest absolute Gasteiger partial charge is 0.276 e. The van der Waals surface area contributed by atoms with Crippen LogP contribution in [0.3, 0.4) is 0 Å². The number of nitrogens with one attached hydrogen (secondary N) is 1. The quantitative estimate of drug-likeness (QED) is 0.405. The molecule has 3 rings (SSSR count). The monoisotopic (exact) mass is 378 g/mol. The number of benzene rings is 3. The Bertz CT molecular complexity index is 1060. The van der Waals surface area contributed by atoms with E-state index in [9.17, 15) is 13.2 Å². The molecule has 0 bridgehead atoms. The van der Waals surface area contributed by atoms with Gasteiger partial charge in [-0.3, -0.25) is 4.79 Å². The van der Waals surface area contributed by atoms with Gasteiger partial charge in [-0.1, -0.05) is 78.4 Å². The molecule has 136 valence electrons. The SMILES string of the molecule is Cc1ccc(S(=O)(=O)N/N=C(/C(=O)c2ccccc2)c2ccccc2)cc1. The molecule has 27 heavy (non-hydrogen) atoms. The van der Waals surface area contributed by atoms with Crippen molar-refractivity contribution < 1.29 is 13.2 Å². The number of aryl methyl sites for hydroxylation is 1. The molecule has 6 heteroatoms. The Morgan fingerprint density at radius 3 is 1.85 bits per heavy atom. The zero-order valence-corrected chi connectivity index (χ0v) is 15.5. The van der Waals surface area contributed by atoms with Gasteiger partial charge in [-0.2, -0.15) is 18.4 Å². The van der Waals surface area contributed by atoms with E-state index in [4.69, 9.17) is 0 Å². The predicted octanol–water partition coefficient (Wildman–Crippen LogP) is 3.56. The molecule has 0 fully saturated rings. The van der Waals surface area contributed by atoms with E-state index in [-0.39, 0.29) is 16.4 Å². The molecule has 0 aliphatic carbocycles. The first-order chi connectivity index (χ1) is 13.0. The molecule has 0 radical (unpaired) electrons. The zero-order valence-electron chi connectivity index (χ0n) is 14.7. The van der Waals surface area contributed by atoms with Gasteiger partial charge in [0.1, 0.15) is 5.71 Å². The molecule has 0 aliphatic rings. The summed E-state index contributed by atoms with van der Waals surface area (Å²) in [6.45, 7) is 1.87. The second-order valence-corrected chi connectivity index (χ2v) is 7.59. The van der Waals surface area contributed by atoms with Crippen LogP contribution < -0.4 is 4.83 Å². The van der Waals surface area contributed by atoms with Crippen LogP contribution in [0.5, 0.6) is 0 Å². The maximum Gasteiger partial charge on any atom is 0.276 e. The zero-order chi connectivity index (χ0) is 19.3. The Hall–Kier alpha value is -3.25. The molecule has 0 aliphatic heterocycles. The Morgan fingerprint density at radius 2 is 1.30 bits per heavy atom. The highest BCUT2D eigenvalue weighted by atomic mass is 32.2. The molecule has 1 N–H and O–H groups in total. The molecule has 0 saturated carbocycles. The van der Waals surface area contributed by atoms with Crippen LogP contribution >= 0.6 is 0 Å². The molecular formula is C21H18N2O3S. The van der Waals surface area contributed by atoms with E-state index in [0.717, 1.165) is 5.56 Å². The van der Waals surface area contributed by atoms with E-state index in [0.29, 0.717) is 11.1 Å². The molecule has 0 spiro atoms. The van der Waals surface area contributed by atoms with Gasteiger partial charge in [-0.05, 0) is 19.1 Å². The molecule has 0 saturated heterocycles. The van der Waals surface area contributed by atoms with Crippen molar-refractivity contribution in [2.75, 3.05) is 0 Å². The predicted molar refractivity (Wildman–Crippen MR) is 105 cm³/mol. The highest BCUT2D eigenvalue weighted by Crippen LogP contribution is 2.12. The fraction of sp³-hybridized carbons (Fsp3) is 0.0476.